The summed E-state index contributed by atoms with van der Waals surface area (Å²) in [4.78, 5) is 0. The zero-order valence-corrected chi connectivity index (χ0v) is 12.1. The Morgan fingerprint density at radius 3 is 2.68 bits per heavy atom. The summed E-state index contributed by atoms with van der Waals surface area (Å²) >= 11 is 0. The van der Waals surface area contributed by atoms with Gasteiger partial charge in [0, 0.05) is 6.54 Å². The molecule has 0 radical (unpaired) electrons. The van der Waals surface area contributed by atoms with Gasteiger partial charge in [0.1, 0.15) is 0 Å². The van der Waals surface area contributed by atoms with Crippen molar-refractivity contribution >= 4 is 0 Å². The molecule has 0 bridgehead atoms. The standard InChI is InChI=1S/C15H25FN2O/c1-15(2,7-8-17)11-18-9-6-12-4-5-14(19-3)13(16)10-12/h4-5,10,18H,6-9,11,17H2,1-3H3. The van der Waals surface area contributed by atoms with Crippen LogP contribution in [0.5, 0.6) is 5.75 Å². The Morgan fingerprint density at radius 2 is 2.11 bits per heavy atom. The summed E-state index contributed by atoms with van der Waals surface area (Å²) < 4.78 is 18.4. The lowest BCUT2D eigenvalue weighted by Gasteiger charge is -2.24. The fourth-order valence-electron chi connectivity index (χ4n) is 2.00. The lowest BCUT2D eigenvalue weighted by Crippen LogP contribution is -2.32. The van der Waals surface area contributed by atoms with Crippen LogP contribution in [0.3, 0.4) is 0 Å². The first-order valence-electron chi connectivity index (χ1n) is 6.72. The molecule has 0 aliphatic carbocycles. The van der Waals surface area contributed by atoms with E-state index in [4.69, 9.17) is 10.5 Å². The van der Waals surface area contributed by atoms with Gasteiger partial charge in [-0.3, -0.25) is 0 Å². The summed E-state index contributed by atoms with van der Waals surface area (Å²) in [6, 6.07) is 5.10. The first-order valence-corrected chi connectivity index (χ1v) is 6.72. The third-order valence-corrected chi connectivity index (χ3v) is 3.23. The van der Waals surface area contributed by atoms with E-state index in [0.717, 1.165) is 31.5 Å². The predicted octanol–water partition coefficient (Wildman–Crippen LogP) is 2.34. The summed E-state index contributed by atoms with van der Waals surface area (Å²) in [6.07, 6.45) is 1.80. The van der Waals surface area contributed by atoms with Crippen LogP contribution < -0.4 is 15.8 Å². The van der Waals surface area contributed by atoms with Gasteiger partial charge in [-0.15, -0.1) is 0 Å². The summed E-state index contributed by atoms with van der Waals surface area (Å²) in [6.45, 7) is 6.85. The Hall–Kier alpha value is -1.13. The van der Waals surface area contributed by atoms with Crippen molar-refractivity contribution in [3.8, 4) is 5.75 Å². The molecule has 1 rings (SSSR count). The van der Waals surface area contributed by atoms with E-state index >= 15 is 0 Å². The summed E-state index contributed by atoms with van der Waals surface area (Å²) in [5.74, 6) is -0.00995. The van der Waals surface area contributed by atoms with E-state index in [1.54, 1.807) is 6.07 Å². The van der Waals surface area contributed by atoms with Crippen molar-refractivity contribution in [1.82, 2.24) is 5.32 Å². The number of nitrogens with two attached hydrogens (primary N) is 1. The maximum absolute atomic E-state index is 13.5. The van der Waals surface area contributed by atoms with Gasteiger partial charge in [0.05, 0.1) is 7.11 Å². The third kappa shape index (κ3) is 5.57. The maximum atomic E-state index is 13.5. The fraction of sp³-hybridized carbons (Fsp3) is 0.600. The van der Waals surface area contributed by atoms with E-state index in [-0.39, 0.29) is 11.2 Å². The Kier molecular flexibility index (Phi) is 6.25. The molecule has 0 atom stereocenters. The van der Waals surface area contributed by atoms with Crippen molar-refractivity contribution in [2.24, 2.45) is 11.1 Å². The molecular weight excluding hydrogens is 243 g/mol. The van der Waals surface area contributed by atoms with Crippen LogP contribution in [-0.4, -0.2) is 26.7 Å². The molecule has 0 aromatic heterocycles. The number of hydrogen-bond donors (Lipinski definition) is 2. The van der Waals surface area contributed by atoms with Gasteiger partial charge in [-0.1, -0.05) is 19.9 Å². The predicted molar refractivity (Wildman–Crippen MR) is 77.0 cm³/mol. The Labute approximate surface area is 115 Å². The second kappa shape index (κ2) is 7.46. The number of benzene rings is 1. The molecule has 4 heteroatoms. The number of methoxy groups -OCH3 is 1. The molecule has 0 heterocycles. The van der Waals surface area contributed by atoms with Gasteiger partial charge in [-0.2, -0.15) is 0 Å². The number of halogens is 1. The van der Waals surface area contributed by atoms with Crippen LogP contribution in [0.2, 0.25) is 0 Å². The zero-order chi connectivity index (χ0) is 14.3. The van der Waals surface area contributed by atoms with Gasteiger partial charge in [-0.05, 0) is 49.0 Å². The van der Waals surface area contributed by atoms with Crippen LogP contribution in [0.25, 0.3) is 0 Å². The van der Waals surface area contributed by atoms with Gasteiger partial charge < -0.3 is 15.8 Å². The van der Waals surface area contributed by atoms with E-state index in [1.165, 1.54) is 13.2 Å². The fourth-order valence-corrected chi connectivity index (χ4v) is 2.00. The topological polar surface area (TPSA) is 47.3 Å². The lowest BCUT2D eigenvalue weighted by atomic mass is 9.89. The van der Waals surface area contributed by atoms with Crippen LogP contribution in [0.1, 0.15) is 25.8 Å². The number of hydrogen-bond acceptors (Lipinski definition) is 3. The highest BCUT2D eigenvalue weighted by atomic mass is 19.1. The molecule has 0 spiro atoms. The molecule has 1 aromatic rings. The maximum Gasteiger partial charge on any atom is 0.165 e. The quantitative estimate of drug-likeness (QED) is 0.711. The molecule has 0 aliphatic heterocycles. The number of rotatable bonds is 8. The molecule has 1 aromatic carbocycles. The summed E-state index contributed by atoms with van der Waals surface area (Å²) in [5, 5.41) is 3.40. The minimum Gasteiger partial charge on any atom is -0.494 e. The van der Waals surface area contributed by atoms with Crippen molar-refractivity contribution < 1.29 is 9.13 Å². The third-order valence-electron chi connectivity index (χ3n) is 3.23. The van der Waals surface area contributed by atoms with Gasteiger partial charge in [0.15, 0.2) is 11.6 Å². The van der Waals surface area contributed by atoms with Crippen LogP contribution in [0.15, 0.2) is 18.2 Å². The Morgan fingerprint density at radius 1 is 1.37 bits per heavy atom. The number of ether oxygens (including phenoxy) is 1. The highest BCUT2D eigenvalue weighted by Gasteiger charge is 2.15. The first kappa shape index (κ1) is 15.9. The Balaban J connectivity index is 2.35. The molecule has 19 heavy (non-hydrogen) atoms. The van der Waals surface area contributed by atoms with Gasteiger partial charge >= 0.3 is 0 Å². The highest BCUT2D eigenvalue weighted by molar-refractivity contribution is 5.29. The molecule has 0 unspecified atom stereocenters. The van der Waals surface area contributed by atoms with Crippen molar-refractivity contribution in [3.05, 3.63) is 29.6 Å². The van der Waals surface area contributed by atoms with E-state index < -0.39 is 0 Å². The van der Waals surface area contributed by atoms with Gasteiger partial charge in [0.2, 0.25) is 0 Å². The van der Waals surface area contributed by atoms with Gasteiger partial charge in [0.25, 0.3) is 0 Å². The second-order valence-electron chi connectivity index (χ2n) is 5.60. The molecule has 0 amide bonds. The molecule has 3 nitrogen and oxygen atoms in total. The van der Waals surface area contributed by atoms with Crippen LogP contribution in [-0.2, 0) is 6.42 Å². The zero-order valence-electron chi connectivity index (χ0n) is 12.1. The molecule has 3 N–H and O–H groups in total. The minimum absolute atomic E-state index is 0.208. The smallest absolute Gasteiger partial charge is 0.165 e. The molecular formula is C15H25FN2O. The SMILES string of the molecule is COc1ccc(CCNCC(C)(C)CCN)cc1F. The molecule has 108 valence electrons. The van der Waals surface area contributed by atoms with E-state index in [1.807, 2.05) is 6.07 Å². The first-order chi connectivity index (χ1) is 8.98. The van der Waals surface area contributed by atoms with Crippen molar-refractivity contribution in [1.29, 1.82) is 0 Å². The monoisotopic (exact) mass is 268 g/mol. The van der Waals surface area contributed by atoms with Crippen molar-refractivity contribution in [2.45, 2.75) is 26.7 Å². The summed E-state index contributed by atoms with van der Waals surface area (Å²) in [5.41, 5.74) is 6.76. The highest BCUT2D eigenvalue weighted by Crippen LogP contribution is 2.19. The van der Waals surface area contributed by atoms with Crippen LogP contribution in [0, 0.1) is 11.2 Å². The average Bonchev–Trinajstić information content (AvgIpc) is 2.35. The normalized spacial score (nSPS) is 11.6. The van der Waals surface area contributed by atoms with E-state index in [2.05, 4.69) is 19.2 Å². The van der Waals surface area contributed by atoms with Crippen LogP contribution in [0.4, 0.5) is 4.39 Å². The minimum atomic E-state index is -0.302. The van der Waals surface area contributed by atoms with Crippen molar-refractivity contribution in [3.63, 3.8) is 0 Å². The molecule has 0 fully saturated rings. The number of nitrogens with one attached hydrogen (secondary N) is 1. The molecule has 0 saturated carbocycles. The van der Waals surface area contributed by atoms with E-state index in [9.17, 15) is 4.39 Å². The van der Waals surface area contributed by atoms with Gasteiger partial charge in [-0.25, -0.2) is 4.39 Å². The van der Waals surface area contributed by atoms with Crippen molar-refractivity contribution in [2.75, 3.05) is 26.7 Å². The van der Waals surface area contributed by atoms with E-state index in [0.29, 0.717) is 12.3 Å². The summed E-state index contributed by atoms with van der Waals surface area (Å²) in [7, 11) is 1.47. The van der Waals surface area contributed by atoms with Crippen LogP contribution >= 0.6 is 0 Å². The average molecular weight is 268 g/mol. The largest absolute Gasteiger partial charge is 0.494 e. The Bertz CT molecular complexity index is 394. The second-order valence-corrected chi connectivity index (χ2v) is 5.60. The molecule has 0 saturated heterocycles. The lowest BCUT2D eigenvalue weighted by molar-refractivity contribution is 0.321. The molecule has 0 aliphatic rings.